The van der Waals surface area contributed by atoms with Crippen molar-refractivity contribution >= 4 is 33.0 Å². The number of carbonyl (C=O) groups excluding carboxylic acids is 1. The zero-order valence-corrected chi connectivity index (χ0v) is 11.9. The van der Waals surface area contributed by atoms with Gasteiger partial charge in [0.2, 0.25) is 0 Å². The topological polar surface area (TPSA) is 20.3 Å². The first-order chi connectivity index (χ1) is 6.91. The Balaban J connectivity index is 2.76. The van der Waals surface area contributed by atoms with Crippen molar-refractivity contribution < 1.29 is 4.79 Å². The van der Waals surface area contributed by atoms with E-state index in [4.69, 9.17) is 0 Å². The first-order valence-electron chi connectivity index (χ1n) is 4.86. The number of ketones is 1. The summed E-state index contributed by atoms with van der Waals surface area (Å²) in [4.78, 5) is 16.1. The fraction of sp³-hybridized carbons (Fsp3) is 0.545. The predicted octanol–water partition coefficient (Wildman–Crippen LogP) is 3.20. The van der Waals surface area contributed by atoms with Crippen molar-refractivity contribution in [3.8, 4) is 0 Å². The number of rotatable bonds is 4. The van der Waals surface area contributed by atoms with Gasteiger partial charge in [0.25, 0.3) is 0 Å². The van der Waals surface area contributed by atoms with E-state index >= 15 is 0 Å². The van der Waals surface area contributed by atoms with Crippen molar-refractivity contribution in [2.45, 2.75) is 13.8 Å². The highest BCUT2D eigenvalue weighted by molar-refractivity contribution is 9.10. The summed E-state index contributed by atoms with van der Waals surface area (Å²) in [5, 5.41) is 0. The van der Waals surface area contributed by atoms with Crippen LogP contribution in [0.5, 0.6) is 0 Å². The van der Waals surface area contributed by atoms with E-state index in [9.17, 15) is 4.79 Å². The lowest BCUT2D eigenvalue weighted by Crippen LogP contribution is -2.25. The molecule has 1 rings (SSSR count). The van der Waals surface area contributed by atoms with E-state index in [0.29, 0.717) is 0 Å². The summed E-state index contributed by atoms with van der Waals surface area (Å²) in [6.45, 7) is 4.79. The maximum Gasteiger partial charge on any atom is 0.176 e. The fourth-order valence-electron chi connectivity index (χ4n) is 1.45. The van der Waals surface area contributed by atoms with E-state index in [0.717, 1.165) is 20.8 Å². The maximum absolute atomic E-state index is 12.0. The number of nitrogens with zero attached hydrogens (tertiary/aromatic N) is 1. The minimum Gasteiger partial charge on any atom is -0.309 e. The molecule has 0 saturated heterocycles. The van der Waals surface area contributed by atoms with Gasteiger partial charge in [0, 0.05) is 21.8 Å². The summed E-state index contributed by atoms with van der Waals surface area (Å²) in [5.74, 6) is 0.299. The Labute approximate surface area is 103 Å². The summed E-state index contributed by atoms with van der Waals surface area (Å²) < 4.78 is 1.04. The Bertz CT molecular complexity index is 340. The van der Waals surface area contributed by atoms with Crippen LogP contribution in [0, 0.1) is 12.8 Å². The fourth-order valence-corrected chi connectivity index (χ4v) is 3.04. The molecule has 0 aliphatic heterocycles. The molecule has 1 heterocycles. The predicted molar refractivity (Wildman–Crippen MR) is 68.8 cm³/mol. The third-order valence-corrected chi connectivity index (χ3v) is 4.34. The molecule has 84 valence electrons. The van der Waals surface area contributed by atoms with Crippen molar-refractivity contribution in [2.24, 2.45) is 5.92 Å². The van der Waals surface area contributed by atoms with Crippen LogP contribution in [0.25, 0.3) is 0 Å². The third kappa shape index (κ3) is 3.40. The zero-order chi connectivity index (χ0) is 11.6. The van der Waals surface area contributed by atoms with Crippen molar-refractivity contribution in [1.82, 2.24) is 4.90 Å². The van der Waals surface area contributed by atoms with Gasteiger partial charge in [0.1, 0.15) is 0 Å². The van der Waals surface area contributed by atoms with Gasteiger partial charge in [0.15, 0.2) is 5.78 Å². The Hall–Kier alpha value is -0.190. The molecule has 0 fully saturated rings. The zero-order valence-electron chi connectivity index (χ0n) is 9.50. The average molecular weight is 290 g/mol. The molecule has 15 heavy (non-hydrogen) atoms. The van der Waals surface area contributed by atoms with Crippen LogP contribution in [0.1, 0.15) is 21.5 Å². The van der Waals surface area contributed by atoms with Crippen molar-refractivity contribution in [3.63, 3.8) is 0 Å². The molecule has 0 unspecified atom stereocenters. The summed E-state index contributed by atoms with van der Waals surface area (Å²) in [7, 11) is 3.97. The molecule has 2 nitrogen and oxygen atoms in total. The van der Waals surface area contributed by atoms with Crippen LogP contribution in [0.15, 0.2) is 10.5 Å². The average Bonchev–Trinajstić information content (AvgIpc) is 2.44. The van der Waals surface area contributed by atoms with Crippen molar-refractivity contribution in [1.29, 1.82) is 0 Å². The van der Waals surface area contributed by atoms with Crippen molar-refractivity contribution in [2.75, 3.05) is 20.6 Å². The van der Waals surface area contributed by atoms with Crippen LogP contribution >= 0.6 is 27.3 Å². The Morgan fingerprint density at radius 1 is 1.60 bits per heavy atom. The highest BCUT2D eigenvalue weighted by Crippen LogP contribution is 2.28. The monoisotopic (exact) mass is 289 g/mol. The van der Waals surface area contributed by atoms with Crippen molar-refractivity contribution in [3.05, 3.63) is 20.3 Å². The lowest BCUT2D eigenvalue weighted by atomic mass is 10.1. The molecular weight excluding hydrogens is 274 g/mol. The largest absolute Gasteiger partial charge is 0.309 e. The Morgan fingerprint density at radius 2 is 2.20 bits per heavy atom. The minimum absolute atomic E-state index is 0.0601. The molecule has 1 aromatic heterocycles. The molecule has 0 spiro atoms. The van der Waals surface area contributed by atoms with E-state index < -0.39 is 0 Å². The molecule has 0 radical (unpaired) electrons. The molecule has 0 bridgehead atoms. The first kappa shape index (κ1) is 12.9. The lowest BCUT2D eigenvalue weighted by Gasteiger charge is -2.14. The molecule has 1 atom stereocenters. The third-order valence-electron chi connectivity index (χ3n) is 2.19. The number of thiophene rings is 1. The van der Waals surface area contributed by atoms with Gasteiger partial charge in [-0.25, -0.2) is 0 Å². The van der Waals surface area contributed by atoms with Crippen LogP contribution in [-0.4, -0.2) is 31.3 Å². The SMILES string of the molecule is Cc1sc(C(=O)[C@H](C)CN(C)C)cc1Br. The molecule has 0 N–H and O–H groups in total. The summed E-state index contributed by atoms with van der Waals surface area (Å²) in [6, 6.07) is 1.93. The molecule has 0 saturated carbocycles. The van der Waals surface area contributed by atoms with E-state index in [2.05, 4.69) is 15.9 Å². The van der Waals surface area contributed by atoms with E-state index in [-0.39, 0.29) is 11.7 Å². The van der Waals surface area contributed by atoms with Crippen LogP contribution in [-0.2, 0) is 0 Å². The molecule has 0 aliphatic rings. The van der Waals surface area contributed by atoms with Crippen LogP contribution in [0.3, 0.4) is 0 Å². The smallest absolute Gasteiger partial charge is 0.176 e. The second-order valence-corrected chi connectivity index (χ2v) is 6.15. The summed E-state index contributed by atoms with van der Waals surface area (Å²) >= 11 is 5.00. The van der Waals surface area contributed by atoms with Gasteiger partial charge in [-0.15, -0.1) is 11.3 Å². The normalized spacial score (nSPS) is 13.2. The quantitative estimate of drug-likeness (QED) is 0.794. The molecule has 0 aromatic carbocycles. The number of Topliss-reactive ketones (excluding diaryl/α,β-unsaturated/α-hetero) is 1. The molecule has 0 aliphatic carbocycles. The maximum atomic E-state index is 12.0. The minimum atomic E-state index is 0.0601. The van der Waals surface area contributed by atoms with Crippen LogP contribution < -0.4 is 0 Å². The summed E-state index contributed by atoms with van der Waals surface area (Å²) in [6.07, 6.45) is 0. The number of hydrogen-bond donors (Lipinski definition) is 0. The number of aryl methyl sites for hydroxylation is 1. The van der Waals surface area contributed by atoms with Gasteiger partial charge in [-0.3, -0.25) is 4.79 Å². The van der Waals surface area contributed by atoms with Gasteiger partial charge in [-0.2, -0.15) is 0 Å². The molecular formula is C11H16BrNOS. The number of carbonyl (C=O) groups is 1. The molecule has 0 amide bonds. The lowest BCUT2D eigenvalue weighted by molar-refractivity contribution is 0.0914. The van der Waals surface area contributed by atoms with E-state index in [1.165, 1.54) is 0 Å². The van der Waals surface area contributed by atoms with Gasteiger partial charge < -0.3 is 4.90 Å². The van der Waals surface area contributed by atoms with Crippen LogP contribution in [0.2, 0.25) is 0 Å². The summed E-state index contributed by atoms with van der Waals surface area (Å²) in [5.41, 5.74) is 0. The highest BCUT2D eigenvalue weighted by Gasteiger charge is 2.18. The van der Waals surface area contributed by atoms with Crippen LogP contribution in [0.4, 0.5) is 0 Å². The standard InChI is InChI=1S/C11H16BrNOS/c1-7(6-13(3)4)11(14)10-5-9(12)8(2)15-10/h5,7H,6H2,1-4H3/t7-/m1/s1. The van der Waals surface area contributed by atoms with Gasteiger partial charge in [-0.1, -0.05) is 6.92 Å². The molecule has 4 heteroatoms. The highest BCUT2D eigenvalue weighted by atomic mass is 79.9. The second kappa shape index (κ2) is 5.23. The van der Waals surface area contributed by atoms with Gasteiger partial charge >= 0.3 is 0 Å². The van der Waals surface area contributed by atoms with E-state index in [1.54, 1.807) is 11.3 Å². The van der Waals surface area contributed by atoms with E-state index in [1.807, 2.05) is 38.9 Å². The number of halogens is 1. The first-order valence-corrected chi connectivity index (χ1v) is 6.47. The Morgan fingerprint density at radius 3 is 2.60 bits per heavy atom. The second-order valence-electron chi connectivity index (χ2n) is 4.04. The molecule has 1 aromatic rings. The van der Waals surface area contributed by atoms with Gasteiger partial charge in [-0.05, 0) is 43.0 Å². The van der Waals surface area contributed by atoms with Gasteiger partial charge in [0.05, 0.1) is 4.88 Å². The number of hydrogen-bond acceptors (Lipinski definition) is 3. The Kier molecular flexibility index (Phi) is 4.49.